The monoisotopic (exact) mass is 228 g/mol. The number of nitrogens with two attached hydrogens (primary N) is 1. The molecule has 17 heavy (non-hydrogen) atoms. The van der Waals surface area contributed by atoms with Gasteiger partial charge in [-0.25, -0.2) is 9.97 Å². The number of hydrogen-bond acceptors (Lipinski definition) is 4. The predicted molar refractivity (Wildman–Crippen MR) is 65.3 cm³/mol. The van der Waals surface area contributed by atoms with Crippen molar-refractivity contribution in [3.63, 3.8) is 0 Å². The molecule has 2 aromatic rings. The largest absolute Gasteiger partial charge is 0.383 e. The molecule has 1 heterocycles. The van der Waals surface area contributed by atoms with Gasteiger partial charge < -0.3 is 11.1 Å². The van der Waals surface area contributed by atoms with Gasteiger partial charge in [0.15, 0.2) is 5.82 Å². The number of carbonyl (C=O) groups excluding carboxylic acids is 1. The number of rotatable bonds is 2. The molecular formula is C12H12N4O. The summed E-state index contributed by atoms with van der Waals surface area (Å²) < 4.78 is 0. The molecule has 1 aromatic carbocycles. The van der Waals surface area contributed by atoms with Crippen molar-refractivity contribution in [3.05, 3.63) is 42.1 Å². The van der Waals surface area contributed by atoms with Crippen molar-refractivity contribution >= 4 is 11.7 Å². The first-order valence-electron chi connectivity index (χ1n) is 5.12. The highest BCUT2D eigenvalue weighted by Gasteiger charge is 2.11. The number of amides is 1. The average molecular weight is 228 g/mol. The van der Waals surface area contributed by atoms with Gasteiger partial charge in [-0.3, -0.25) is 4.79 Å². The summed E-state index contributed by atoms with van der Waals surface area (Å²) in [5.41, 5.74) is 6.87. The molecule has 86 valence electrons. The number of benzene rings is 1. The lowest BCUT2D eigenvalue weighted by Gasteiger charge is -2.05. The van der Waals surface area contributed by atoms with Crippen LogP contribution < -0.4 is 11.1 Å². The summed E-state index contributed by atoms with van der Waals surface area (Å²) in [6.45, 7) is 0. The van der Waals surface area contributed by atoms with Gasteiger partial charge in [0.25, 0.3) is 5.91 Å². The SMILES string of the molecule is CNC(=O)c1cnc(-c2ccccc2)nc1N. The van der Waals surface area contributed by atoms with E-state index in [1.807, 2.05) is 30.3 Å². The fourth-order valence-corrected chi connectivity index (χ4v) is 1.43. The smallest absolute Gasteiger partial charge is 0.256 e. The summed E-state index contributed by atoms with van der Waals surface area (Å²) in [4.78, 5) is 19.7. The van der Waals surface area contributed by atoms with Crippen molar-refractivity contribution < 1.29 is 4.79 Å². The lowest BCUT2D eigenvalue weighted by atomic mass is 10.2. The van der Waals surface area contributed by atoms with Gasteiger partial charge in [0.1, 0.15) is 5.82 Å². The predicted octanol–water partition coefficient (Wildman–Crippen LogP) is 1.09. The molecule has 0 radical (unpaired) electrons. The third kappa shape index (κ3) is 2.23. The maximum atomic E-state index is 11.4. The number of hydrogen-bond donors (Lipinski definition) is 2. The molecular weight excluding hydrogens is 216 g/mol. The summed E-state index contributed by atoms with van der Waals surface area (Å²) in [7, 11) is 1.53. The molecule has 1 aromatic heterocycles. The second-order valence-electron chi connectivity index (χ2n) is 3.44. The Labute approximate surface area is 98.7 Å². The summed E-state index contributed by atoms with van der Waals surface area (Å²) in [6, 6.07) is 9.46. The Bertz CT molecular complexity index is 539. The number of nitrogen functional groups attached to an aromatic ring is 1. The van der Waals surface area contributed by atoms with E-state index in [0.717, 1.165) is 5.56 Å². The summed E-state index contributed by atoms with van der Waals surface area (Å²) in [6.07, 6.45) is 1.43. The van der Waals surface area contributed by atoms with Crippen molar-refractivity contribution in [2.45, 2.75) is 0 Å². The van der Waals surface area contributed by atoms with Crippen molar-refractivity contribution in [1.29, 1.82) is 0 Å². The van der Waals surface area contributed by atoms with Crippen LogP contribution in [0.15, 0.2) is 36.5 Å². The standard InChI is InChI=1S/C12H12N4O/c1-14-12(17)9-7-15-11(16-10(9)13)8-5-3-2-4-6-8/h2-7H,1H3,(H,14,17)(H2,13,15,16). The van der Waals surface area contributed by atoms with Gasteiger partial charge in [-0.1, -0.05) is 30.3 Å². The third-order valence-electron chi connectivity index (χ3n) is 2.32. The van der Waals surface area contributed by atoms with Gasteiger partial charge in [0, 0.05) is 18.8 Å². The van der Waals surface area contributed by atoms with Crippen molar-refractivity contribution in [3.8, 4) is 11.4 Å². The van der Waals surface area contributed by atoms with Gasteiger partial charge in [-0.05, 0) is 0 Å². The second-order valence-corrected chi connectivity index (χ2v) is 3.44. The maximum absolute atomic E-state index is 11.4. The molecule has 0 spiro atoms. The fraction of sp³-hybridized carbons (Fsp3) is 0.0833. The molecule has 5 heteroatoms. The van der Waals surface area contributed by atoms with Crippen LogP contribution in [0, 0.1) is 0 Å². The molecule has 5 nitrogen and oxygen atoms in total. The number of nitrogens with one attached hydrogen (secondary N) is 1. The quantitative estimate of drug-likeness (QED) is 0.806. The van der Waals surface area contributed by atoms with Crippen LogP contribution in [-0.2, 0) is 0 Å². The Morgan fingerprint density at radius 1 is 1.29 bits per heavy atom. The first-order valence-corrected chi connectivity index (χ1v) is 5.12. The highest BCUT2D eigenvalue weighted by atomic mass is 16.1. The van der Waals surface area contributed by atoms with Gasteiger partial charge in [-0.15, -0.1) is 0 Å². The zero-order chi connectivity index (χ0) is 12.3. The van der Waals surface area contributed by atoms with E-state index in [-0.39, 0.29) is 17.3 Å². The lowest BCUT2D eigenvalue weighted by Crippen LogP contribution is -2.20. The normalized spacial score (nSPS) is 9.94. The molecule has 0 aliphatic carbocycles. The van der Waals surface area contributed by atoms with Gasteiger partial charge in [0.05, 0.1) is 5.56 Å². The van der Waals surface area contributed by atoms with E-state index >= 15 is 0 Å². The summed E-state index contributed by atoms with van der Waals surface area (Å²) in [5.74, 6) is 0.399. The highest BCUT2D eigenvalue weighted by Crippen LogP contribution is 2.16. The van der Waals surface area contributed by atoms with Crippen LogP contribution in [0.25, 0.3) is 11.4 Å². The van der Waals surface area contributed by atoms with E-state index in [1.54, 1.807) is 0 Å². The molecule has 2 rings (SSSR count). The minimum absolute atomic E-state index is 0.179. The van der Waals surface area contributed by atoms with Crippen LogP contribution in [0.5, 0.6) is 0 Å². The van der Waals surface area contributed by atoms with E-state index in [2.05, 4.69) is 15.3 Å². The zero-order valence-corrected chi connectivity index (χ0v) is 9.34. The minimum atomic E-state index is -0.290. The van der Waals surface area contributed by atoms with Crippen molar-refractivity contribution in [2.24, 2.45) is 0 Å². The molecule has 0 aliphatic heterocycles. The molecule has 0 unspecified atom stereocenters. The summed E-state index contributed by atoms with van der Waals surface area (Å²) >= 11 is 0. The molecule has 0 atom stereocenters. The Morgan fingerprint density at radius 3 is 2.59 bits per heavy atom. The first-order chi connectivity index (χ1) is 8.22. The van der Waals surface area contributed by atoms with Crippen molar-refractivity contribution in [2.75, 3.05) is 12.8 Å². The molecule has 0 aliphatic rings. The Kier molecular flexibility index (Phi) is 3.00. The number of anilines is 1. The Balaban J connectivity index is 2.41. The van der Waals surface area contributed by atoms with Crippen LogP contribution in [-0.4, -0.2) is 22.9 Å². The second kappa shape index (κ2) is 4.61. The van der Waals surface area contributed by atoms with Gasteiger partial charge >= 0.3 is 0 Å². The lowest BCUT2D eigenvalue weighted by molar-refractivity contribution is 0.0963. The number of carbonyl (C=O) groups is 1. The first kappa shape index (κ1) is 11.1. The van der Waals surface area contributed by atoms with E-state index in [9.17, 15) is 4.79 Å². The van der Waals surface area contributed by atoms with Crippen LogP contribution >= 0.6 is 0 Å². The topological polar surface area (TPSA) is 80.9 Å². The molecule has 3 N–H and O–H groups in total. The third-order valence-corrected chi connectivity index (χ3v) is 2.32. The molecule has 0 bridgehead atoms. The van der Waals surface area contributed by atoms with E-state index in [1.165, 1.54) is 13.2 Å². The molecule has 0 saturated carbocycles. The Morgan fingerprint density at radius 2 is 2.00 bits per heavy atom. The zero-order valence-electron chi connectivity index (χ0n) is 9.34. The molecule has 0 saturated heterocycles. The maximum Gasteiger partial charge on any atom is 0.256 e. The molecule has 0 fully saturated rings. The van der Waals surface area contributed by atoms with Crippen LogP contribution in [0.2, 0.25) is 0 Å². The van der Waals surface area contributed by atoms with E-state index < -0.39 is 0 Å². The summed E-state index contributed by atoms with van der Waals surface area (Å²) in [5, 5.41) is 2.48. The highest BCUT2D eigenvalue weighted by molar-refractivity contribution is 5.98. The average Bonchev–Trinajstić information content (AvgIpc) is 2.39. The number of nitrogens with zero attached hydrogens (tertiary/aromatic N) is 2. The minimum Gasteiger partial charge on any atom is -0.383 e. The number of aromatic nitrogens is 2. The van der Waals surface area contributed by atoms with Crippen molar-refractivity contribution in [1.82, 2.24) is 15.3 Å². The molecule has 1 amide bonds. The van der Waals surface area contributed by atoms with Gasteiger partial charge in [-0.2, -0.15) is 0 Å². The van der Waals surface area contributed by atoms with Crippen LogP contribution in [0.1, 0.15) is 10.4 Å². The van der Waals surface area contributed by atoms with E-state index in [0.29, 0.717) is 5.82 Å². The van der Waals surface area contributed by atoms with E-state index in [4.69, 9.17) is 5.73 Å². The van der Waals surface area contributed by atoms with Gasteiger partial charge in [0.2, 0.25) is 0 Å². The van der Waals surface area contributed by atoms with Crippen LogP contribution in [0.4, 0.5) is 5.82 Å². The van der Waals surface area contributed by atoms with Crippen LogP contribution in [0.3, 0.4) is 0 Å². The fourth-order valence-electron chi connectivity index (χ4n) is 1.43. The Hall–Kier alpha value is -2.43.